The lowest BCUT2D eigenvalue weighted by Crippen LogP contribution is -2.26. The number of aromatic nitrogens is 1. The third kappa shape index (κ3) is 2.55. The Morgan fingerprint density at radius 1 is 1.37 bits per heavy atom. The molecule has 0 N–H and O–H groups in total. The van der Waals surface area contributed by atoms with Crippen LogP contribution >= 0.6 is 15.9 Å². The predicted molar refractivity (Wildman–Crippen MR) is 77.3 cm³/mol. The monoisotopic (exact) mass is 319 g/mol. The maximum Gasteiger partial charge on any atom is 0.187 e. The summed E-state index contributed by atoms with van der Waals surface area (Å²) in [5, 5.41) is 1.03. The van der Waals surface area contributed by atoms with Crippen molar-refractivity contribution in [2.24, 2.45) is 5.92 Å². The summed E-state index contributed by atoms with van der Waals surface area (Å²) >= 11 is 3.46. The molecule has 98 valence electrons. The number of carbonyl (C=O) groups excluding carboxylic acids is 1. The first kappa shape index (κ1) is 12.8. The zero-order chi connectivity index (χ0) is 13.2. The number of nitrogens with zero attached hydrogens (tertiary/aromatic N) is 1. The second kappa shape index (κ2) is 5.39. The molecule has 0 saturated carbocycles. The van der Waals surface area contributed by atoms with Crippen molar-refractivity contribution >= 4 is 32.6 Å². The van der Waals surface area contributed by atoms with E-state index in [4.69, 9.17) is 4.74 Å². The molecule has 3 nitrogen and oxygen atoms in total. The van der Waals surface area contributed by atoms with E-state index in [1.807, 2.05) is 30.3 Å². The van der Waals surface area contributed by atoms with Gasteiger partial charge in [0.05, 0.1) is 12.1 Å². The normalized spacial score (nSPS) is 19.5. The second-order valence-corrected chi connectivity index (χ2v) is 5.64. The Balaban J connectivity index is 1.99. The first-order chi connectivity index (χ1) is 9.25. The number of hydrogen-bond donors (Lipinski definition) is 0. The van der Waals surface area contributed by atoms with Crippen LogP contribution in [0, 0.1) is 5.92 Å². The molecule has 0 amide bonds. The van der Waals surface area contributed by atoms with Crippen LogP contribution in [-0.2, 0) is 4.74 Å². The lowest BCUT2D eigenvalue weighted by atomic mass is 9.95. The molecule has 1 saturated heterocycles. The Bertz CT molecular complexity index is 621. The van der Waals surface area contributed by atoms with Gasteiger partial charge in [0.15, 0.2) is 5.78 Å². The van der Waals surface area contributed by atoms with E-state index >= 15 is 0 Å². The molecule has 1 unspecified atom stereocenters. The summed E-state index contributed by atoms with van der Waals surface area (Å²) < 4.78 is 6.15. The summed E-state index contributed by atoms with van der Waals surface area (Å²) in [5.74, 6) is 0.0241. The van der Waals surface area contributed by atoms with Gasteiger partial charge in [0.1, 0.15) is 5.69 Å². The quantitative estimate of drug-likeness (QED) is 0.794. The van der Waals surface area contributed by atoms with Crippen molar-refractivity contribution in [2.45, 2.75) is 12.8 Å². The van der Waals surface area contributed by atoms with Gasteiger partial charge in [-0.3, -0.25) is 4.79 Å². The van der Waals surface area contributed by atoms with Crippen molar-refractivity contribution in [1.82, 2.24) is 4.98 Å². The van der Waals surface area contributed by atoms with E-state index in [9.17, 15) is 4.79 Å². The molecule has 3 rings (SSSR count). The predicted octanol–water partition coefficient (Wildman–Crippen LogP) is 3.61. The SMILES string of the molecule is O=C(c1nc2ccccc2cc1Br)C1CCCOC1. The molecule has 19 heavy (non-hydrogen) atoms. The lowest BCUT2D eigenvalue weighted by Gasteiger charge is -2.21. The summed E-state index contributed by atoms with van der Waals surface area (Å²) in [5.41, 5.74) is 1.37. The fourth-order valence-corrected chi connectivity index (χ4v) is 2.93. The van der Waals surface area contributed by atoms with Crippen molar-refractivity contribution < 1.29 is 9.53 Å². The van der Waals surface area contributed by atoms with Gasteiger partial charge in [-0.1, -0.05) is 18.2 Å². The number of halogens is 1. The molecule has 1 aliphatic rings. The number of para-hydroxylation sites is 1. The van der Waals surface area contributed by atoms with E-state index in [0.29, 0.717) is 12.3 Å². The van der Waals surface area contributed by atoms with Gasteiger partial charge in [0.2, 0.25) is 0 Å². The minimum absolute atomic E-state index is 0.0567. The van der Waals surface area contributed by atoms with Crippen LogP contribution in [-0.4, -0.2) is 24.0 Å². The van der Waals surface area contributed by atoms with Gasteiger partial charge < -0.3 is 4.74 Å². The minimum Gasteiger partial charge on any atom is -0.381 e. The number of benzene rings is 1. The first-order valence-electron chi connectivity index (χ1n) is 6.43. The third-order valence-corrected chi connectivity index (χ3v) is 4.05. The summed E-state index contributed by atoms with van der Waals surface area (Å²) in [6.07, 6.45) is 1.83. The van der Waals surface area contributed by atoms with Crippen molar-refractivity contribution in [2.75, 3.05) is 13.2 Å². The summed E-state index contributed by atoms with van der Waals surface area (Å²) in [7, 11) is 0. The molecule has 0 radical (unpaired) electrons. The number of Topliss-reactive ketones (excluding diaryl/α,β-unsaturated/α-hetero) is 1. The largest absolute Gasteiger partial charge is 0.381 e. The van der Waals surface area contributed by atoms with E-state index < -0.39 is 0 Å². The molecular formula is C15H14BrNO2. The van der Waals surface area contributed by atoms with Gasteiger partial charge >= 0.3 is 0 Å². The molecule has 4 heteroatoms. The van der Waals surface area contributed by atoms with E-state index in [1.165, 1.54) is 0 Å². The van der Waals surface area contributed by atoms with E-state index in [0.717, 1.165) is 34.8 Å². The molecule has 1 atom stereocenters. The van der Waals surface area contributed by atoms with Crippen LogP contribution in [0.1, 0.15) is 23.3 Å². The molecule has 0 aliphatic carbocycles. The van der Waals surface area contributed by atoms with Gasteiger partial charge in [-0.15, -0.1) is 0 Å². The Morgan fingerprint density at radius 2 is 2.21 bits per heavy atom. The molecule has 1 fully saturated rings. The Kier molecular flexibility index (Phi) is 3.62. The highest BCUT2D eigenvalue weighted by atomic mass is 79.9. The number of ether oxygens (including phenoxy) is 1. The van der Waals surface area contributed by atoms with Crippen LogP contribution in [0.5, 0.6) is 0 Å². The zero-order valence-corrected chi connectivity index (χ0v) is 12.0. The highest BCUT2D eigenvalue weighted by Gasteiger charge is 2.25. The maximum absolute atomic E-state index is 12.5. The number of fused-ring (bicyclic) bond motifs is 1. The molecule has 1 aliphatic heterocycles. The van der Waals surface area contributed by atoms with E-state index in [1.54, 1.807) is 0 Å². The number of rotatable bonds is 2. The zero-order valence-electron chi connectivity index (χ0n) is 10.4. The van der Waals surface area contributed by atoms with Gasteiger partial charge in [0, 0.05) is 22.4 Å². The number of pyridine rings is 1. The smallest absolute Gasteiger partial charge is 0.187 e. The lowest BCUT2D eigenvalue weighted by molar-refractivity contribution is 0.0457. The van der Waals surface area contributed by atoms with E-state index in [-0.39, 0.29) is 11.7 Å². The van der Waals surface area contributed by atoms with Crippen LogP contribution < -0.4 is 0 Å². The molecule has 1 aromatic carbocycles. The Hall–Kier alpha value is -1.26. The highest BCUT2D eigenvalue weighted by Crippen LogP contribution is 2.26. The van der Waals surface area contributed by atoms with E-state index in [2.05, 4.69) is 20.9 Å². The van der Waals surface area contributed by atoms with Crippen molar-refractivity contribution in [3.05, 3.63) is 40.5 Å². The Morgan fingerprint density at radius 3 is 3.00 bits per heavy atom. The summed E-state index contributed by atoms with van der Waals surface area (Å²) in [4.78, 5) is 17.0. The molecule has 2 heterocycles. The topological polar surface area (TPSA) is 39.2 Å². The van der Waals surface area contributed by atoms with Gasteiger partial charge in [-0.05, 0) is 40.9 Å². The fraction of sp³-hybridized carbons (Fsp3) is 0.333. The van der Waals surface area contributed by atoms with Crippen molar-refractivity contribution in [3.8, 4) is 0 Å². The molecular weight excluding hydrogens is 306 g/mol. The summed E-state index contributed by atoms with van der Waals surface area (Å²) in [6, 6.07) is 9.77. The van der Waals surface area contributed by atoms with Crippen LogP contribution in [0.15, 0.2) is 34.8 Å². The number of carbonyl (C=O) groups is 1. The van der Waals surface area contributed by atoms with Gasteiger partial charge in [-0.25, -0.2) is 4.98 Å². The van der Waals surface area contributed by atoms with Crippen molar-refractivity contribution in [1.29, 1.82) is 0 Å². The summed E-state index contributed by atoms with van der Waals surface area (Å²) in [6.45, 7) is 1.27. The van der Waals surface area contributed by atoms with Crippen LogP contribution in [0.3, 0.4) is 0 Å². The standard InChI is InChI=1S/C15H14BrNO2/c16-12-8-10-4-1-2-6-13(10)17-14(12)15(18)11-5-3-7-19-9-11/h1-2,4,6,8,11H,3,5,7,9H2. The van der Waals surface area contributed by atoms with Crippen molar-refractivity contribution in [3.63, 3.8) is 0 Å². The molecule has 0 bridgehead atoms. The van der Waals surface area contributed by atoms with Gasteiger partial charge in [0.25, 0.3) is 0 Å². The number of ketones is 1. The Labute approximate surface area is 120 Å². The maximum atomic E-state index is 12.5. The average Bonchev–Trinajstić information content (AvgIpc) is 2.47. The van der Waals surface area contributed by atoms with Crippen LogP contribution in [0.4, 0.5) is 0 Å². The molecule has 1 aromatic heterocycles. The average molecular weight is 320 g/mol. The van der Waals surface area contributed by atoms with Gasteiger partial charge in [-0.2, -0.15) is 0 Å². The highest BCUT2D eigenvalue weighted by molar-refractivity contribution is 9.10. The number of hydrogen-bond acceptors (Lipinski definition) is 3. The first-order valence-corrected chi connectivity index (χ1v) is 7.22. The molecule has 0 spiro atoms. The third-order valence-electron chi connectivity index (χ3n) is 3.44. The minimum atomic E-state index is -0.0567. The second-order valence-electron chi connectivity index (χ2n) is 4.79. The van der Waals surface area contributed by atoms with Crippen LogP contribution in [0.2, 0.25) is 0 Å². The molecule has 2 aromatic rings. The van der Waals surface area contributed by atoms with Crippen LogP contribution in [0.25, 0.3) is 10.9 Å². The fourth-order valence-electron chi connectivity index (χ4n) is 2.40.